The van der Waals surface area contributed by atoms with Crippen LogP contribution in [-0.4, -0.2) is 16.5 Å². The molecule has 0 spiro atoms. The van der Waals surface area contributed by atoms with Crippen LogP contribution in [0.4, 0.5) is 5.82 Å². The Hall–Kier alpha value is -1.93. The minimum Gasteiger partial charge on any atom is -0.370 e. The standard InChI is InChI=1S/C11H10N4S/c12-7-9-1-2-10(15-8-9)13-4-3-11-14-5-6-16-11/h1-2,5-6,8H,3-4H2,(H,13,15). The zero-order chi connectivity index (χ0) is 11.2. The molecule has 0 aliphatic carbocycles. The van der Waals surface area contributed by atoms with E-state index in [0.29, 0.717) is 5.56 Å². The second kappa shape index (κ2) is 5.24. The maximum absolute atomic E-state index is 8.61. The van der Waals surface area contributed by atoms with E-state index >= 15 is 0 Å². The quantitative estimate of drug-likeness (QED) is 0.873. The second-order valence-electron chi connectivity index (χ2n) is 3.15. The second-order valence-corrected chi connectivity index (χ2v) is 4.13. The molecule has 5 heteroatoms. The third kappa shape index (κ3) is 2.78. The number of pyridine rings is 1. The van der Waals surface area contributed by atoms with Crippen molar-refractivity contribution in [1.29, 1.82) is 5.26 Å². The summed E-state index contributed by atoms with van der Waals surface area (Å²) in [4.78, 5) is 8.31. The molecule has 0 fully saturated rings. The minimum atomic E-state index is 0.575. The molecule has 2 aromatic rings. The number of hydrogen-bond acceptors (Lipinski definition) is 5. The molecule has 80 valence electrons. The van der Waals surface area contributed by atoms with Crippen LogP contribution in [0.3, 0.4) is 0 Å². The van der Waals surface area contributed by atoms with Crippen molar-refractivity contribution in [2.24, 2.45) is 0 Å². The Morgan fingerprint density at radius 2 is 2.31 bits per heavy atom. The molecule has 0 aliphatic heterocycles. The number of nitrogens with zero attached hydrogens (tertiary/aromatic N) is 3. The van der Waals surface area contributed by atoms with E-state index in [1.165, 1.54) is 0 Å². The summed E-state index contributed by atoms with van der Waals surface area (Å²) in [6.45, 7) is 0.798. The van der Waals surface area contributed by atoms with Gasteiger partial charge in [0, 0.05) is 30.7 Å². The highest BCUT2D eigenvalue weighted by molar-refractivity contribution is 7.09. The molecule has 2 heterocycles. The van der Waals surface area contributed by atoms with Gasteiger partial charge in [0.2, 0.25) is 0 Å². The molecule has 0 atom stereocenters. The number of rotatable bonds is 4. The van der Waals surface area contributed by atoms with Gasteiger partial charge >= 0.3 is 0 Å². The van der Waals surface area contributed by atoms with Gasteiger partial charge in [0.25, 0.3) is 0 Å². The fraction of sp³-hybridized carbons (Fsp3) is 0.182. The maximum atomic E-state index is 8.61. The third-order valence-corrected chi connectivity index (χ3v) is 2.86. The number of anilines is 1. The van der Waals surface area contributed by atoms with Crippen molar-refractivity contribution in [3.8, 4) is 6.07 Å². The molecule has 2 aromatic heterocycles. The molecular formula is C11H10N4S. The summed E-state index contributed by atoms with van der Waals surface area (Å²) < 4.78 is 0. The lowest BCUT2D eigenvalue weighted by molar-refractivity contribution is 0.987. The van der Waals surface area contributed by atoms with Crippen LogP contribution in [-0.2, 0) is 6.42 Å². The van der Waals surface area contributed by atoms with Gasteiger partial charge in [-0.15, -0.1) is 11.3 Å². The molecule has 0 radical (unpaired) electrons. The lowest BCUT2D eigenvalue weighted by Gasteiger charge is -2.03. The molecule has 0 aromatic carbocycles. The van der Waals surface area contributed by atoms with Gasteiger partial charge in [-0.05, 0) is 12.1 Å². The molecule has 4 nitrogen and oxygen atoms in total. The summed E-state index contributed by atoms with van der Waals surface area (Å²) in [5.41, 5.74) is 0.575. The van der Waals surface area contributed by atoms with Gasteiger partial charge in [0.1, 0.15) is 11.9 Å². The van der Waals surface area contributed by atoms with Crippen LogP contribution in [0, 0.1) is 11.3 Å². The highest BCUT2D eigenvalue weighted by atomic mass is 32.1. The van der Waals surface area contributed by atoms with E-state index in [0.717, 1.165) is 23.8 Å². The van der Waals surface area contributed by atoms with Crippen molar-refractivity contribution < 1.29 is 0 Å². The van der Waals surface area contributed by atoms with Gasteiger partial charge < -0.3 is 5.32 Å². The molecule has 0 amide bonds. The average Bonchev–Trinajstić information content (AvgIpc) is 2.83. The lowest BCUT2D eigenvalue weighted by atomic mass is 10.3. The molecule has 0 aliphatic rings. The molecular weight excluding hydrogens is 220 g/mol. The summed E-state index contributed by atoms with van der Waals surface area (Å²) in [6.07, 6.45) is 4.25. The van der Waals surface area contributed by atoms with Crippen molar-refractivity contribution in [2.75, 3.05) is 11.9 Å². The van der Waals surface area contributed by atoms with E-state index < -0.39 is 0 Å². The van der Waals surface area contributed by atoms with Crippen molar-refractivity contribution in [1.82, 2.24) is 9.97 Å². The fourth-order valence-electron chi connectivity index (χ4n) is 1.24. The number of hydrogen-bond donors (Lipinski definition) is 1. The summed E-state index contributed by atoms with van der Waals surface area (Å²) in [7, 11) is 0. The first-order valence-corrected chi connectivity index (χ1v) is 5.75. The highest BCUT2D eigenvalue weighted by Crippen LogP contribution is 2.07. The minimum absolute atomic E-state index is 0.575. The van der Waals surface area contributed by atoms with Gasteiger partial charge in [-0.3, -0.25) is 0 Å². The van der Waals surface area contributed by atoms with Gasteiger partial charge in [-0.2, -0.15) is 5.26 Å². The van der Waals surface area contributed by atoms with Gasteiger partial charge in [-0.1, -0.05) is 0 Å². The average molecular weight is 230 g/mol. The van der Waals surface area contributed by atoms with E-state index in [2.05, 4.69) is 15.3 Å². The van der Waals surface area contributed by atoms with Crippen LogP contribution < -0.4 is 5.32 Å². The van der Waals surface area contributed by atoms with Crippen LogP contribution in [0.5, 0.6) is 0 Å². The predicted molar refractivity (Wildman–Crippen MR) is 63.3 cm³/mol. The molecule has 16 heavy (non-hydrogen) atoms. The van der Waals surface area contributed by atoms with E-state index in [9.17, 15) is 0 Å². The number of aromatic nitrogens is 2. The van der Waals surface area contributed by atoms with Crippen molar-refractivity contribution >= 4 is 17.2 Å². The first kappa shape index (κ1) is 10.6. The maximum Gasteiger partial charge on any atom is 0.125 e. The van der Waals surface area contributed by atoms with E-state index in [1.54, 1.807) is 35.9 Å². The number of nitrogens with one attached hydrogen (secondary N) is 1. The Morgan fingerprint density at radius 3 is 2.94 bits per heavy atom. The monoisotopic (exact) mass is 230 g/mol. The molecule has 0 saturated carbocycles. The molecule has 1 N–H and O–H groups in total. The summed E-state index contributed by atoms with van der Waals surface area (Å²) in [6, 6.07) is 5.59. The van der Waals surface area contributed by atoms with Crippen LogP contribution in [0.15, 0.2) is 29.9 Å². The van der Waals surface area contributed by atoms with Gasteiger partial charge in [-0.25, -0.2) is 9.97 Å². The Balaban J connectivity index is 1.83. The van der Waals surface area contributed by atoms with E-state index in [1.807, 2.05) is 11.4 Å². The number of nitriles is 1. The first-order chi connectivity index (χ1) is 7.88. The number of thiazole rings is 1. The molecule has 0 bridgehead atoms. The van der Waals surface area contributed by atoms with Gasteiger partial charge in [0.05, 0.1) is 10.6 Å². The first-order valence-electron chi connectivity index (χ1n) is 4.87. The van der Waals surface area contributed by atoms with Crippen LogP contribution in [0.2, 0.25) is 0 Å². The van der Waals surface area contributed by atoms with E-state index in [4.69, 9.17) is 5.26 Å². The van der Waals surface area contributed by atoms with Gasteiger partial charge in [0.15, 0.2) is 0 Å². The van der Waals surface area contributed by atoms with Crippen LogP contribution in [0.1, 0.15) is 10.6 Å². The van der Waals surface area contributed by atoms with Crippen LogP contribution >= 0.6 is 11.3 Å². The zero-order valence-corrected chi connectivity index (χ0v) is 9.37. The smallest absolute Gasteiger partial charge is 0.125 e. The molecule has 0 unspecified atom stereocenters. The Kier molecular flexibility index (Phi) is 3.46. The van der Waals surface area contributed by atoms with E-state index in [-0.39, 0.29) is 0 Å². The SMILES string of the molecule is N#Cc1ccc(NCCc2nccs2)nc1. The molecule has 2 rings (SSSR count). The predicted octanol–water partition coefficient (Wildman–Crippen LogP) is 2.06. The topological polar surface area (TPSA) is 61.6 Å². The summed E-state index contributed by atoms with van der Waals surface area (Å²) in [5.74, 6) is 0.788. The normalized spacial score (nSPS) is 9.69. The van der Waals surface area contributed by atoms with Crippen LogP contribution in [0.25, 0.3) is 0 Å². The largest absolute Gasteiger partial charge is 0.370 e. The third-order valence-electron chi connectivity index (χ3n) is 2.02. The Labute approximate surface area is 97.6 Å². The summed E-state index contributed by atoms with van der Waals surface area (Å²) >= 11 is 1.65. The summed E-state index contributed by atoms with van der Waals surface area (Å²) in [5, 5.41) is 14.9. The Bertz CT molecular complexity index is 470. The van der Waals surface area contributed by atoms with Crippen molar-refractivity contribution in [3.63, 3.8) is 0 Å². The van der Waals surface area contributed by atoms with Crippen molar-refractivity contribution in [3.05, 3.63) is 40.5 Å². The Morgan fingerprint density at radius 1 is 1.38 bits per heavy atom. The lowest BCUT2D eigenvalue weighted by Crippen LogP contribution is -2.05. The fourth-order valence-corrected chi connectivity index (χ4v) is 1.86. The zero-order valence-electron chi connectivity index (χ0n) is 8.55. The van der Waals surface area contributed by atoms with Crippen molar-refractivity contribution in [2.45, 2.75) is 6.42 Å². The molecule has 0 saturated heterocycles. The highest BCUT2D eigenvalue weighted by Gasteiger charge is 1.97.